The van der Waals surface area contributed by atoms with Crippen molar-refractivity contribution in [1.82, 2.24) is 15.1 Å². The van der Waals surface area contributed by atoms with Crippen molar-refractivity contribution in [1.29, 1.82) is 0 Å². The Morgan fingerprint density at radius 3 is 2.64 bits per heavy atom. The number of methoxy groups -OCH3 is 1. The number of ether oxygens (including phenoxy) is 1. The number of nitrogens with zero attached hydrogens (tertiary/aromatic N) is 2. The maximum absolute atomic E-state index is 12.2. The van der Waals surface area contributed by atoms with Crippen molar-refractivity contribution in [3.63, 3.8) is 0 Å². The zero-order valence-electron chi connectivity index (χ0n) is 13.7. The van der Waals surface area contributed by atoms with Gasteiger partial charge in [-0.2, -0.15) is 0 Å². The van der Waals surface area contributed by atoms with Gasteiger partial charge < -0.3 is 15.0 Å². The van der Waals surface area contributed by atoms with Crippen molar-refractivity contribution in [3.05, 3.63) is 0 Å². The molecule has 0 aromatic heterocycles. The number of hydrogen-bond donors (Lipinski definition) is 1. The first-order valence-electron chi connectivity index (χ1n) is 8.54. The number of hydrogen-bond acceptors (Lipinski definition) is 4. The van der Waals surface area contributed by atoms with Crippen molar-refractivity contribution in [3.8, 4) is 0 Å². The molecule has 2 fully saturated rings. The van der Waals surface area contributed by atoms with E-state index in [1.807, 2.05) is 4.90 Å². The lowest BCUT2D eigenvalue weighted by Gasteiger charge is -2.37. The summed E-state index contributed by atoms with van der Waals surface area (Å²) in [5.74, 6) is -0.184. The van der Waals surface area contributed by atoms with Crippen LogP contribution in [0.1, 0.15) is 44.9 Å². The molecule has 126 valence electrons. The molecule has 0 aromatic carbocycles. The molecule has 2 heterocycles. The Hall–Kier alpha value is -1.30. The van der Waals surface area contributed by atoms with Crippen molar-refractivity contribution < 1.29 is 14.3 Å². The molecule has 0 aliphatic carbocycles. The summed E-state index contributed by atoms with van der Waals surface area (Å²) >= 11 is 0. The standard InChI is InChI=1S/C16H29N3O3/c1-22-15(20)8-2-3-9-17-16(21)19-12-6-7-14(13-19)18-10-4-5-11-18/h14H,2-13H2,1H3,(H,17,21). The van der Waals surface area contributed by atoms with E-state index in [-0.39, 0.29) is 12.0 Å². The topological polar surface area (TPSA) is 61.9 Å². The first kappa shape index (κ1) is 17.1. The second-order valence-electron chi connectivity index (χ2n) is 6.25. The molecular formula is C16H29N3O3. The SMILES string of the molecule is COC(=O)CCCCNC(=O)N1CCCC(N2CCCC2)C1. The van der Waals surface area contributed by atoms with Crippen molar-refractivity contribution in [2.75, 3.05) is 39.8 Å². The summed E-state index contributed by atoms with van der Waals surface area (Å²) in [6, 6.07) is 0.586. The monoisotopic (exact) mass is 311 g/mol. The van der Waals surface area contributed by atoms with Crippen LogP contribution in [0.2, 0.25) is 0 Å². The number of likely N-dealkylation sites (tertiary alicyclic amines) is 2. The zero-order chi connectivity index (χ0) is 15.8. The number of carbonyl (C=O) groups excluding carboxylic acids is 2. The van der Waals surface area contributed by atoms with Gasteiger partial charge in [0.05, 0.1) is 7.11 Å². The average molecular weight is 311 g/mol. The van der Waals surface area contributed by atoms with E-state index >= 15 is 0 Å². The molecule has 22 heavy (non-hydrogen) atoms. The van der Waals surface area contributed by atoms with E-state index in [1.165, 1.54) is 39.5 Å². The fourth-order valence-electron chi connectivity index (χ4n) is 3.35. The van der Waals surface area contributed by atoms with E-state index in [0.29, 0.717) is 19.0 Å². The molecular weight excluding hydrogens is 282 g/mol. The second kappa shape index (κ2) is 8.98. The quantitative estimate of drug-likeness (QED) is 0.598. The van der Waals surface area contributed by atoms with Gasteiger partial charge in [0.1, 0.15) is 0 Å². The first-order valence-corrected chi connectivity index (χ1v) is 8.54. The van der Waals surface area contributed by atoms with Crippen molar-refractivity contribution in [2.24, 2.45) is 0 Å². The van der Waals surface area contributed by atoms with E-state index < -0.39 is 0 Å². The fraction of sp³-hybridized carbons (Fsp3) is 0.875. The number of amides is 2. The number of carbonyl (C=O) groups is 2. The lowest BCUT2D eigenvalue weighted by Crippen LogP contribution is -2.51. The molecule has 0 radical (unpaired) electrons. The van der Waals surface area contributed by atoms with Crippen LogP contribution in [0.5, 0.6) is 0 Å². The van der Waals surface area contributed by atoms with Crippen molar-refractivity contribution in [2.45, 2.75) is 51.0 Å². The molecule has 2 aliphatic rings. The minimum Gasteiger partial charge on any atom is -0.469 e. The molecule has 1 N–H and O–H groups in total. The largest absolute Gasteiger partial charge is 0.469 e. The highest BCUT2D eigenvalue weighted by molar-refractivity contribution is 5.74. The molecule has 1 atom stereocenters. The predicted molar refractivity (Wildman–Crippen MR) is 84.7 cm³/mol. The van der Waals surface area contributed by atoms with Gasteiger partial charge in [0.2, 0.25) is 0 Å². The van der Waals surface area contributed by atoms with Crippen molar-refractivity contribution >= 4 is 12.0 Å². The average Bonchev–Trinajstić information content (AvgIpc) is 3.08. The normalized spacial score (nSPS) is 22.6. The van der Waals surface area contributed by atoms with E-state index in [9.17, 15) is 9.59 Å². The minimum absolute atomic E-state index is 0.0435. The maximum atomic E-state index is 12.2. The Bertz CT molecular complexity index is 370. The zero-order valence-corrected chi connectivity index (χ0v) is 13.7. The Morgan fingerprint density at radius 1 is 1.14 bits per heavy atom. The van der Waals surface area contributed by atoms with Crippen LogP contribution >= 0.6 is 0 Å². The molecule has 6 heteroatoms. The van der Waals surface area contributed by atoms with E-state index in [0.717, 1.165) is 32.4 Å². The number of urea groups is 1. The van der Waals surface area contributed by atoms with E-state index in [2.05, 4.69) is 15.0 Å². The van der Waals surface area contributed by atoms with Crippen LogP contribution in [0, 0.1) is 0 Å². The van der Waals surface area contributed by atoms with Crippen LogP contribution in [0.25, 0.3) is 0 Å². The number of piperidine rings is 1. The highest BCUT2D eigenvalue weighted by Crippen LogP contribution is 2.20. The Balaban J connectivity index is 1.63. The van der Waals surface area contributed by atoms with Crippen LogP contribution in [0.4, 0.5) is 4.79 Å². The third kappa shape index (κ3) is 5.16. The molecule has 0 aromatic rings. The van der Waals surface area contributed by atoms with Gasteiger partial charge in [-0.05, 0) is 51.6 Å². The Labute approximate surface area is 133 Å². The summed E-state index contributed by atoms with van der Waals surface area (Å²) in [6.45, 7) is 4.72. The summed E-state index contributed by atoms with van der Waals surface area (Å²) in [7, 11) is 1.40. The summed E-state index contributed by atoms with van der Waals surface area (Å²) in [5.41, 5.74) is 0. The van der Waals surface area contributed by atoms with Crippen LogP contribution in [-0.4, -0.2) is 67.7 Å². The lowest BCUT2D eigenvalue weighted by atomic mass is 10.0. The van der Waals surface area contributed by atoms with Crippen LogP contribution < -0.4 is 5.32 Å². The summed E-state index contributed by atoms with van der Waals surface area (Å²) in [6.07, 6.45) is 6.88. The molecule has 6 nitrogen and oxygen atoms in total. The molecule has 1 unspecified atom stereocenters. The molecule has 0 saturated carbocycles. The smallest absolute Gasteiger partial charge is 0.317 e. The molecule has 0 bridgehead atoms. The molecule has 2 saturated heterocycles. The Morgan fingerprint density at radius 2 is 1.91 bits per heavy atom. The highest BCUT2D eigenvalue weighted by atomic mass is 16.5. The number of nitrogens with one attached hydrogen (secondary N) is 1. The van der Waals surface area contributed by atoms with E-state index in [1.54, 1.807) is 0 Å². The fourth-order valence-corrected chi connectivity index (χ4v) is 3.35. The van der Waals surface area contributed by atoms with Gasteiger partial charge >= 0.3 is 12.0 Å². The Kier molecular flexibility index (Phi) is 6.96. The van der Waals surface area contributed by atoms with Gasteiger partial charge in [0.25, 0.3) is 0 Å². The minimum atomic E-state index is -0.184. The first-order chi connectivity index (χ1) is 10.7. The molecule has 0 spiro atoms. The number of rotatable bonds is 6. The van der Waals surface area contributed by atoms with Gasteiger partial charge in [-0.15, -0.1) is 0 Å². The summed E-state index contributed by atoms with van der Waals surface area (Å²) in [4.78, 5) is 27.7. The van der Waals surface area contributed by atoms with E-state index in [4.69, 9.17) is 0 Å². The van der Waals surface area contributed by atoms with Crippen LogP contribution in [0.15, 0.2) is 0 Å². The molecule has 2 aliphatic heterocycles. The second-order valence-corrected chi connectivity index (χ2v) is 6.25. The van der Waals surface area contributed by atoms with Gasteiger partial charge in [-0.1, -0.05) is 0 Å². The third-order valence-corrected chi connectivity index (χ3v) is 4.65. The number of unbranched alkanes of at least 4 members (excludes halogenated alkanes) is 1. The predicted octanol–water partition coefficient (Wildman–Crippen LogP) is 1.60. The third-order valence-electron chi connectivity index (χ3n) is 4.65. The maximum Gasteiger partial charge on any atom is 0.317 e. The number of esters is 1. The van der Waals surface area contributed by atoms with Gasteiger partial charge in [-0.25, -0.2) is 4.79 Å². The van der Waals surface area contributed by atoms with Crippen LogP contribution in [-0.2, 0) is 9.53 Å². The summed E-state index contributed by atoms with van der Waals surface area (Å²) in [5, 5.41) is 2.97. The molecule has 2 amide bonds. The molecule has 2 rings (SSSR count). The summed E-state index contributed by atoms with van der Waals surface area (Å²) < 4.78 is 4.59. The van der Waals surface area contributed by atoms with Gasteiger partial charge in [0.15, 0.2) is 0 Å². The lowest BCUT2D eigenvalue weighted by molar-refractivity contribution is -0.140. The van der Waals surface area contributed by atoms with Gasteiger partial charge in [0, 0.05) is 32.1 Å². The highest BCUT2D eigenvalue weighted by Gasteiger charge is 2.28. The van der Waals surface area contributed by atoms with Gasteiger partial charge in [-0.3, -0.25) is 9.69 Å². The van der Waals surface area contributed by atoms with Crippen LogP contribution in [0.3, 0.4) is 0 Å².